The summed E-state index contributed by atoms with van der Waals surface area (Å²) in [5, 5.41) is 18.0. The van der Waals surface area contributed by atoms with E-state index in [2.05, 4.69) is 6.58 Å². The Labute approximate surface area is 124 Å². The fourth-order valence-corrected chi connectivity index (χ4v) is 2.34. The second-order valence-electron chi connectivity index (χ2n) is 5.26. The molecule has 0 aromatic rings. The number of carbonyl (C=O) groups is 2. The molecule has 21 heavy (non-hydrogen) atoms. The largest absolute Gasteiger partial charge is 0.481 e. The van der Waals surface area contributed by atoms with Crippen molar-refractivity contribution in [2.24, 2.45) is 11.8 Å². The van der Waals surface area contributed by atoms with Gasteiger partial charge in [-0.25, -0.2) is 0 Å². The van der Waals surface area contributed by atoms with Gasteiger partial charge in [0.25, 0.3) is 0 Å². The Hall–Kier alpha value is -1.40. The molecule has 0 aromatic carbocycles. The Morgan fingerprint density at radius 3 is 2.29 bits per heavy atom. The van der Waals surface area contributed by atoms with Crippen LogP contribution in [0.15, 0.2) is 12.7 Å². The summed E-state index contributed by atoms with van der Waals surface area (Å²) in [6.45, 7) is 4.09. The van der Waals surface area contributed by atoms with Crippen LogP contribution in [0.2, 0.25) is 0 Å². The zero-order chi connectivity index (χ0) is 15.7. The molecule has 6 nitrogen and oxygen atoms in total. The number of esters is 1. The smallest absolute Gasteiger partial charge is 0.308 e. The highest BCUT2D eigenvalue weighted by atomic mass is 16.6. The average molecular weight is 300 g/mol. The van der Waals surface area contributed by atoms with Crippen molar-refractivity contribution in [1.82, 2.24) is 0 Å². The maximum absolute atomic E-state index is 11.8. The number of ether oxygens (including phenoxy) is 2. The molecule has 0 aromatic heterocycles. The van der Waals surface area contributed by atoms with E-state index in [1.165, 1.54) is 6.08 Å². The standard InChI is InChI=1S/C15H24O6/c1-2-13(16)20-9-3-4-10-21-15(19)12-7-5-11(6-8-12)14(17)18/h2,11-13,16H,1,3-10H2,(H,17,18)/t11?,12?,13-/m1/s1. The number of carboxylic acids is 1. The first kappa shape index (κ1) is 17.7. The maximum Gasteiger partial charge on any atom is 0.308 e. The minimum atomic E-state index is -0.947. The molecule has 0 saturated heterocycles. The first-order valence-electron chi connectivity index (χ1n) is 7.36. The molecule has 1 aliphatic rings. The number of aliphatic carboxylic acids is 1. The van der Waals surface area contributed by atoms with Gasteiger partial charge in [-0.15, -0.1) is 0 Å². The van der Waals surface area contributed by atoms with Gasteiger partial charge >= 0.3 is 11.9 Å². The Morgan fingerprint density at radius 2 is 1.71 bits per heavy atom. The molecular formula is C15H24O6. The third kappa shape index (κ3) is 6.73. The molecule has 1 atom stereocenters. The van der Waals surface area contributed by atoms with Crippen molar-refractivity contribution in [3.05, 3.63) is 12.7 Å². The highest BCUT2D eigenvalue weighted by Gasteiger charge is 2.30. The molecular weight excluding hydrogens is 276 g/mol. The zero-order valence-electron chi connectivity index (χ0n) is 12.2. The van der Waals surface area contributed by atoms with Crippen LogP contribution in [0.25, 0.3) is 0 Å². The summed E-state index contributed by atoms with van der Waals surface area (Å²) in [6.07, 6.45) is 3.97. The topological polar surface area (TPSA) is 93.1 Å². The van der Waals surface area contributed by atoms with E-state index in [4.69, 9.17) is 19.7 Å². The number of rotatable bonds is 9. The molecule has 120 valence electrons. The molecule has 0 spiro atoms. The van der Waals surface area contributed by atoms with Gasteiger partial charge in [0.1, 0.15) is 0 Å². The van der Waals surface area contributed by atoms with Crippen LogP contribution in [0.3, 0.4) is 0 Å². The third-order valence-electron chi connectivity index (χ3n) is 3.68. The zero-order valence-corrected chi connectivity index (χ0v) is 12.2. The van der Waals surface area contributed by atoms with Crippen molar-refractivity contribution in [2.75, 3.05) is 13.2 Å². The van der Waals surface area contributed by atoms with Crippen LogP contribution in [0, 0.1) is 11.8 Å². The van der Waals surface area contributed by atoms with Gasteiger partial charge in [-0.05, 0) is 44.6 Å². The quantitative estimate of drug-likeness (QED) is 0.291. The molecule has 1 fully saturated rings. The van der Waals surface area contributed by atoms with E-state index in [1.54, 1.807) is 0 Å². The van der Waals surface area contributed by atoms with Crippen LogP contribution in [0.1, 0.15) is 38.5 Å². The molecule has 0 bridgehead atoms. The van der Waals surface area contributed by atoms with E-state index in [1.807, 2.05) is 0 Å². The first-order chi connectivity index (χ1) is 10.0. The minimum Gasteiger partial charge on any atom is -0.481 e. The fraction of sp³-hybridized carbons (Fsp3) is 0.733. The summed E-state index contributed by atoms with van der Waals surface area (Å²) >= 11 is 0. The van der Waals surface area contributed by atoms with Gasteiger partial charge in [0.2, 0.25) is 0 Å². The second kappa shape index (κ2) is 9.52. The molecule has 1 aliphatic carbocycles. The Balaban J connectivity index is 2.07. The van der Waals surface area contributed by atoms with Gasteiger partial charge in [0, 0.05) is 0 Å². The van der Waals surface area contributed by atoms with Crippen LogP contribution >= 0.6 is 0 Å². The van der Waals surface area contributed by atoms with E-state index in [-0.39, 0.29) is 17.8 Å². The normalized spacial score (nSPS) is 23.3. The molecule has 0 unspecified atom stereocenters. The summed E-state index contributed by atoms with van der Waals surface area (Å²) in [6, 6.07) is 0. The van der Waals surface area contributed by atoms with Crippen LogP contribution < -0.4 is 0 Å². The predicted molar refractivity (Wildman–Crippen MR) is 75.4 cm³/mol. The van der Waals surface area contributed by atoms with Gasteiger partial charge in [-0.3, -0.25) is 9.59 Å². The van der Waals surface area contributed by atoms with E-state index < -0.39 is 12.3 Å². The molecule has 2 N–H and O–H groups in total. The molecule has 0 amide bonds. The summed E-state index contributed by atoms with van der Waals surface area (Å²) in [7, 11) is 0. The Bertz CT molecular complexity index is 346. The minimum absolute atomic E-state index is 0.167. The average Bonchev–Trinajstić information content (AvgIpc) is 2.50. The third-order valence-corrected chi connectivity index (χ3v) is 3.68. The Kier molecular flexibility index (Phi) is 8.00. The van der Waals surface area contributed by atoms with Gasteiger partial charge in [-0.1, -0.05) is 6.58 Å². The van der Waals surface area contributed by atoms with Crippen molar-refractivity contribution in [3.63, 3.8) is 0 Å². The van der Waals surface area contributed by atoms with E-state index >= 15 is 0 Å². The second-order valence-corrected chi connectivity index (χ2v) is 5.26. The van der Waals surface area contributed by atoms with Gasteiger partial charge in [0.15, 0.2) is 6.29 Å². The van der Waals surface area contributed by atoms with Crippen LogP contribution in [-0.4, -0.2) is 41.7 Å². The number of carboxylic acid groups (broad SMARTS) is 1. The number of aliphatic hydroxyl groups is 1. The van der Waals surface area contributed by atoms with Crippen molar-refractivity contribution in [1.29, 1.82) is 0 Å². The molecule has 1 saturated carbocycles. The van der Waals surface area contributed by atoms with Gasteiger partial charge in [0.05, 0.1) is 25.0 Å². The predicted octanol–water partition coefficient (Wildman–Crippen LogP) is 1.72. The highest BCUT2D eigenvalue weighted by molar-refractivity contribution is 5.74. The highest BCUT2D eigenvalue weighted by Crippen LogP contribution is 2.29. The summed E-state index contributed by atoms with van der Waals surface area (Å²) in [5.41, 5.74) is 0. The van der Waals surface area contributed by atoms with Gasteiger partial charge < -0.3 is 19.7 Å². The molecule has 0 aliphatic heterocycles. The summed E-state index contributed by atoms with van der Waals surface area (Å²) in [5.74, 6) is -1.49. The molecule has 0 heterocycles. The van der Waals surface area contributed by atoms with Crippen molar-refractivity contribution >= 4 is 11.9 Å². The van der Waals surface area contributed by atoms with E-state index in [0.29, 0.717) is 51.7 Å². The molecule has 0 radical (unpaired) electrons. The van der Waals surface area contributed by atoms with Crippen LogP contribution in [0.5, 0.6) is 0 Å². The number of unbranched alkanes of at least 4 members (excludes halogenated alkanes) is 1. The number of aliphatic hydroxyl groups excluding tert-OH is 1. The lowest BCUT2D eigenvalue weighted by Gasteiger charge is -2.24. The van der Waals surface area contributed by atoms with Crippen LogP contribution in [-0.2, 0) is 19.1 Å². The Morgan fingerprint density at radius 1 is 1.14 bits per heavy atom. The van der Waals surface area contributed by atoms with E-state index in [0.717, 1.165) is 0 Å². The van der Waals surface area contributed by atoms with Crippen molar-refractivity contribution < 1.29 is 29.3 Å². The number of hydrogen-bond acceptors (Lipinski definition) is 5. The van der Waals surface area contributed by atoms with E-state index in [9.17, 15) is 9.59 Å². The number of hydrogen-bond donors (Lipinski definition) is 2. The lowest BCUT2D eigenvalue weighted by Crippen LogP contribution is -2.27. The summed E-state index contributed by atoms with van der Waals surface area (Å²) in [4.78, 5) is 22.6. The fourth-order valence-electron chi connectivity index (χ4n) is 2.34. The number of carbonyl (C=O) groups excluding carboxylic acids is 1. The SMILES string of the molecule is C=C[C@H](O)OCCCCOC(=O)C1CCC(C(=O)O)CC1. The van der Waals surface area contributed by atoms with Gasteiger partial charge in [-0.2, -0.15) is 0 Å². The first-order valence-corrected chi connectivity index (χ1v) is 7.36. The van der Waals surface area contributed by atoms with Crippen molar-refractivity contribution in [3.8, 4) is 0 Å². The van der Waals surface area contributed by atoms with Crippen LogP contribution in [0.4, 0.5) is 0 Å². The lowest BCUT2D eigenvalue weighted by atomic mass is 9.82. The monoisotopic (exact) mass is 300 g/mol. The lowest BCUT2D eigenvalue weighted by molar-refractivity contribution is -0.153. The molecule has 1 rings (SSSR count). The molecule has 6 heteroatoms. The van der Waals surface area contributed by atoms with Crippen molar-refractivity contribution in [2.45, 2.75) is 44.8 Å². The maximum atomic E-state index is 11.8. The summed E-state index contributed by atoms with van der Waals surface area (Å²) < 4.78 is 10.2.